The van der Waals surface area contributed by atoms with Crippen molar-refractivity contribution >= 4 is 21.9 Å². The van der Waals surface area contributed by atoms with Gasteiger partial charge in [-0.1, -0.05) is 15.9 Å². The lowest BCUT2D eigenvalue weighted by Crippen LogP contribution is -2.43. The molecular formula is C12H16BrFN2O2. The van der Waals surface area contributed by atoms with Gasteiger partial charge < -0.3 is 10.4 Å². The molecule has 0 heterocycles. The SMILES string of the molecule is CNC(CN(C)Cc1cc(Br)ccc1F)C(=O)O. The third-order valence-electron chi connectivity index (χ3n) is 2.59. The Hall–Kier alpha value is -0.980. The zero-order chi connectivity index (χ0) is 13.7. The van der Waals surface area contributed by atoms with Crippen LogP contribution in [0.3, 0.4) is 0 Å². The summed E-state index contributed by atoms with van der Waals surface area (Å²) in [6.07, 6.45) is 0. The van der Waals surface area contributed by atoms with E-state index in [4.69, 9.17) is 5.11 Å². The maximum Gasteiger partial charge on any atom is 0.322 e. The average molecular weight is 319 g/mol. The molecule has 1 rings (SSSR count). The summed E-state index contributed by atoms with van der Waals surface area (Å²) in [5, 5.41) is 11.6. The van der Waals surface area contributed by atoms with E-state index in [0.29, 0.717) is 18.7 Å². The number of carboxylic acids is 1. The van der Waals surface area contributed by atoms with Crippen LogP contribution in [0.25, 0.3) is 0 Å². The van der Waals surface area contributed by atoms with Crippen LogP contribution < -0.4 is 5.32 Å². The van der Waals surface area contributed by atoms with Crippen LogP contribution in [0.1, 0.15) is 5.56 Å². The molecule has 0 aromatic heterocycles. The molecule has 0 aliphatic rings. The van der Waals surface area contributed by atoms with Crippen molar-refractivity contribution < 1.29 is 14.3 Å². The maximum absolute atomic E-state index is 13.5. The number of nitrogens with one attached hydrogen (secondary N) is 1. The van der Waals surface area contributed by atoms with Crippen molar-refractivity contribution in [2.45, 2.75) is 12.6 Å². The van der Waals surface area contributed by atoms with Gasteiger partial charge in [-0.15, -0.1) is 0 Å². The number of hydrogen-bond donors (Lipinski definition) is 2. The van der Waals surface area contributed by atoms with Crippen molar-refractivity contribution in [3.63, 3.8) is 0 Å². The predicted molar refractivity (Wildman–Crippen MR) is 70.9 cm³/mol. The first-order valence-corrected chi connectivity index (χ1v) is 6.26. The van der Waals surface area contributed by atoms with E-state index < -0.39 is 12.0 Å². The summed E-state index contributed by atoms with van der Waals surface area (Å²) >= 11 is 3.28. The van der Waals surface area contributed by atoms with E-state index >= 15 is 0 Å². The van der Waals surface area contributed by atoms with Gasteiger partial charge in [0.05, 0.1) is 0 Å². The summed E-state index contributed by atoms with van der Waals surface area (Å²) in [6.45, 7) is 0.661. The van der Waals surface area contributed by atoms with Gasteiger partial charge in [0.2, 0.25) is 0 Å². The lowest BCUT2D eigenvalue weighted by atomic mass is 10.2. The monoisotopic (exact) mass is 318 g/mol. The second kappa shape index (κ2) is 6.82. The molecule has 6 heteroatoms. The highest BCUT2D eigenvalue weighted by atomic mass is 79.9. The Morgan fingerprint density at radius 2 is 2.28 bits per heavy atom. The normalized spacial score (nSPS) is 12.7. The average Bonchev–Trinajstić information content (AvgIpc) is 2.30. The molecule has 0 aliphatic carbocycles. The van der Waals surface area contributed by atoms with Gasteiger partial charge in [-0.05, 0) is 32.3 Å². The van der Waals surface area contributed by atoms with Crippen molar-refractivity contribution in [1.82, 2.24) is 10.2 Å². The minimum absolute atomic E-state index is 0.290. The highest BCUT2D eigenvalue weighted by molar-refractivity contribution is 9.10. The van der Waals surface area contributed by atoms with Crippen molar-refractivity contribution in [2.24, 2.45) is 0 Å². The molecule has 0 aliphatic heterocycles. The van der Waals surface area contributed by atoms with E-state index in [9.17, 15) is 9.18 Å². The molecule has 4 nitrogen and oxygen atoms in total. The van der Waals surface area contributed by atoms with Crippen molar-refractivity contribution in [3.8, 4) is 0 Å². The first kappa shape index (κ1) is 15.1. The van der Waals surface area contributed by atoms with E-state index in [1.165, 1.54) is 6.07 Å². The number of carboxylic acid groups (broad SMARTS) is 1. The summed E-state index contributed by atoms with van der Waals surface area (Å²) in [7, 11) is 3.35. The first-order chi connectivity index (χ1) is 8.43. The Bertz CT molecular complexity index is 429. The highest BCUT2D eigenvalue weighted by Gasteiger charge is 2.17. The lowest BCUT2D eigenvalue weighted by molar-refractivity contribution is -0.139. The number of halogens is 2. The molecule has 0 fully saturated rings. The topological polar surface area (TPSA) is 52.6 Å². The number of hydrogen-bond acceptors (Lipinski definition) is 3. The van der Waals surface area contributed by atoms with Gasteiger partial charge in [-0.25, -0.2) is 4.39 Å². The maximum atomic E-state index is 13.5. The largest absolute Gasteiger partial charge is 0.480 e. The van der Waals surface area contributed by atoms with E-state index in [1.807, 2.05) is 0 Å². The van der Waals surface area contributed by atoms with Crippen LogP contribution in [-0.4, -0.2) is 42.7 Å². The fraction of sp³-hybridized carbons (Fsp3) is 0.417. The minimum Gasteiger partial charge on any atom is -0.480 e. The number of rotatable bonds is 6. The van der Waals surface area contributed by atoms with E-state index in [1.54, 1.807) is 31.1 Å². The van der Waals surface area contributed by atoms with Gasteiger partial charge in [-0.3, -0.25) is 9.69 Å². The predicted octanol–water partition coefficient (Wildman–Crippen LogP) is 1.69. The molecule has 2 N–H and O–H groups in total. The van der Waals surface area contributed by atoms with Crippen molar-refractivity contribution in [1.29, 1.82) is 0 Å². The zero-order valence-electron chi connectivity index (χ0n) is 10.3. The van der Waals surface area contributed by atoms with Crippen LogP contribution in [0.15, 0.2) is 22.7 Å². The van der Waals surface area contributed by atoms with Crippen molar-refractivity contribution in [3.05, 3.63) is 34.1 Å². The molecule has 1 unspecified atom stereocenters. The molecule has 18 heavy (non-hydrogen) atoms. The van der Waals surface area contributed by atoms with Crippen LogP contribution >= 0.6 is 15.9 Å². The highest BCUT2D eigenvalue weighted by Crippen LogP contribution is 2.16. The van der Waals surface area contributed by atoms with E-state index in [2.05, 4.69) is 21.2 Å². The molecule has 1 atom stereocenters. The Morgan fingerprint density at radius 3 is 2.83 bits per heavy atom. The molecule has 0 amide bonds. The smallest absolute Gasteiger partial charge is 0.322 e. The number of aliphatic carboxylic acids is 1. The van der Waals surface area contributed by atoms with Crippen LogP contribution in [0, 0.1) is 5.82 Å². The minimum atomic E-state index is -0.918. The molecule has 0 saturated carbocycles. The Kier molecular flexibility index (Phi) is 5.71. The second-order valence-corrected chi connectivity index (χ2v) is 5.03. The Morgan fingerprint density at radius 1 is 1.61 bits per heavy atom. The second-order valence-electron chi connectivity index (χ2n) is 4.11. The molecule has 100 valence electrons. The number of carbonyl (C=O) groups is 1. The number of benzene rings is 1. The first-order valence-electron chi connectivity index (χ1n) is 5.46. The van der Waals surface area contributed by atoms with Crippen molar-refractivity contribution in [2.75, 3.05) is 20.6 Å². The fourth-order valence-corrected chi connectivity index (χ4v) is 2.03. The van der Waals surface area contributed by atoms with Crippen LogP contribution in [-0.2, 0) is 11.3 Å². The summed E-state index contributed by atoms with van der Waals surface area (Å²) in [5.41, 5.74) is 0.534. The van der Waals surface area contributed by atoms with Gasteiger partial charge in [0, 0.05) is 23.1 Å². The quantitative estimate of drug-likeness (QED) is 0.838. The zero-order valence-corrected chi connectivity index (χ0v) is 11.9. The summed E-state index contributed by atoms with van der Waals surface area (Å²) < 4.78 is 14.3. The third kappa shape index (κ3) is 4.36. The summed E-state index contributed by atoms with van der Waals surface area (Å²) in [4.78, 5) is 12.6. The van der Waals surface area contributed by atoms with Gasteiger partial charge in [-0.2, -0.15) is 0 Å². The van der Waals surface area contributed by atoms with E-state index in [-0.39, 0.29) is 5.82 Å². The summed E-state index contributed by atoms with van der Waals surface area (Å²) in [5.74, 6) is -1.21. The Balaban J connectivity index is 2.66. The molecule has 0 radical (unpaired) electrons. The number of nitrogens with zero attached hydrogens (tertiary/aromatic N) is 1. The summed E-state index contributed by atoms with van der Waals surface area (Å²) in [6, 6.07) is 4.05. The third-order valence-corrected chi connectivity index (χ3v) is 3.08. The van der Waals surface area contributed by atoms with Gasteiger partial charge in [0.15, 0.2) is 0 Å². The molecule has 0 bridgehead atoms. The Labute approximate surface area is 114 Å². The van der Waals surface area contributed by atoms with Crippen LogP contribution in [0.2, 0.25) is 0 Å². The molecule has 0 saturated heterocycles. The van der Waals surface area contributed by atoms with E-state index in [0.717, 1.165) is 4.47 Å². The molecular weight excluding hydrogens is 303 g/mol. The van der Waals surface area contributed by atoms with Gasteiger partial charge in [0.25, 0.3) is 0 Å². The molecule has 1 aromatic rings. The molecule has 1 aromatic carbocycles. The van der Waals surface area contributed by atoms with Crippen LogP contribution in [0.4, 0.5) is 4.39 Å². The lowest BCUT2D eigenvalue weighted by Gasteiger charge is -2.21. The molecule has 0 spiro atoms. The van der Waals surface area contributed by atoms with Gasteiger partial charge in [0.1, 0.15) is 11.9 Å². The van der Waals surface area contributed by atoms with Gasteiger partial charge >= 0.3 is 5.97 Å². The van der Waals surface area contributed by atoms with Crippen LogP contribution in [0.5, 0.6) is 0 Å². The fourth-order valence-electron chi connectivity index (χ4n) is 1.62. The number of likely N-dealkylation sites (N-methyl/N-ethyl adjacent to an activating group) is 2. The standard InChI is InChI=1S/C12H16BrFN2O2/c1-15-11(12(17)18)7-16(2)6-8-5-9(13)3-4-10(8)14/h3-5,11,15H,6-7H2,1-2H3,(H,17,18).